The average Bonchev–Trinajstić information content (AvgIpc) is 2.65. The summed E-state index contributed by atoms with van der Waals surface area (Å²) in [6, 6.07) is 8.91. The second-order valence-electron chi connectivity index (χ2n) is 8.03. The molecule has 1 amide bonds. The molecule has 0 bridgehead atoms. The number of rotatable bonds is 2. The number of carbonyl (C=O) groups excluding carboxylic acids is 1. The maximum absolute atomic E-state index is 14.0. The number of hydrogen-bond acceptors (Lipinski definition) is 2. The van der Waals surface area contributed by atoms with Crippen LogP contribution in [-0.2, 0) is 4.74 Å². The molecule has 3 nitrogen and oxygen atoms in total. The van der Waals surface area contributed by atoms with Crippen LogP contribution in [0.1, 0.15) is 51.6 Å². The largest absolute Gasteiger partial charge is 0.444 e. The van der Waals surface area contributed by atoms with Crippen molar-refractivity contribution >= 4 is 6.09 Å². The third-order valence-electron chi connectivity index (χ3n) is 4.77. The highest BCUT2D eigenvalue weighted by atomic mass is 19.2. The van der Waals surface area contributed by atoms with Gasteiger partial charge in [0.15, 0.2) is 17.5 Å². The Morgan fingerprint density at radius 2 is 1.68 bits per heavy atom. The molecule has 28 heavy (non-hydrogen) atoms. The number of benzene rings is 2. The van der Waals surface area contributed by atoms with Crippen LogP contribution in [0.4, 0.5) is 18.0 Å². The smallest absolute Gasteiger partial charge is 0.410 e. The van der Waals surface area contributed by atoms with Gasteiger partial charge in [0.05, 0.1) is 6.04 Å². The molecule has 0 saturated carbocycles. The third-order valence-corrected chi connectivity index (χ3v) is 4.77. The molecule has 1 atom stereocenters. The van der Waals surface area contributed by atoms with Crippen molar-refractivity contribution in [3.63, 3.8) is 0 Å². The minimum atomic E-state index is -1.48. The van der Waals surface area contributed by atoms with Crippen molar-refractivity contribution in [1.29, 1.82) is 0 Å². The zero-order chi connectivity index (χ0) is 20.5. The summed E-state index contributed by atoms with van der Waals surface area (Å²) in [4.78, 5) is 14.3. The second kappa shape index (κ2) is 7.86. The molecule has 0 N–H and O–H groups in total. The molecule has 150 valence electrons. The minimum absolute atomic E-state index is 0.00177. The van der Waals surface area contributed by atoms with E-state index in [0.717, 1.165) is 30.9 Å². The normalized spacial score (nSPS) is 17.5. The van der Waals surface area contributed by atoms with Crippen LogP contribution in [0.25, 0.3) is 11.1 Å². The van der Waals surface area contributed by atoms with Crippen molar-refractivity contribution in [2.24, 2.45) is 0 Å². The molecular formula is C22H24F3NO2. The number of carbonyl (C=O) groups is 1. The van der Waals surface area contributed by atoms with Crippen molar-refractivity contribution in [2.45, 2.75) is 51.7 Å². The summed E-state index contributed by atoms with van der Waals surface area (Å²) in [5.74, 6) is -3.90. The lowest BCUT2D eigenvalue weighted by Gasteiger charge is -2.37. The van der Waals surface area contributed by atoms with Crippen LogP contribution in [0.5, 0.6) is 0 Å². The molecule has 2 aromatic rings. The Balaban J connectivity index is 1.85. The molecule has 1 unspecified atom stereocenters. The first kappa shape index (κ1) is 20.2. The summed E-state index contributed by atoms with van der Waals surface area (Å²) in [6.45, 7) is 6.10. The number of hydrogen-bond donors (Lipinski definition) is 0. The van der Waals surface area contributed by atoms with Crippen LogP contribution in [0.15, 0.2) is 36.4 Å². The molecule has 1 aliphatic heterocycles. The number of halogens is 3. The fourth-order valence-electron chi connectivity index (χ4n) is 3.45. The Morgan fingerprint density at radius 3 is 2.32 bits per heavy atom. The highest BCUT2D eigenvalue weighted by Gasteiger charge is 2.31. The Kier molecular flexibility index (Phi) is 5.68. The first-order valence-electron chi connectivity index (χ1n) is 9.41. The highest BCUT2D eigenvalue weighted by molar-refractivity contribution is 5.69. The summed E-state index contributed by atoms with van der Waals surface area (Å²) < 4.78 is 46.2. The standard InChI is InChI=1S/C22H24F3NO2/c1-22(2,3)28-21(27)26-13-5-4-6-18(26)15-9-7-14(8-10-15)16-11-12-17(23)20(25)19(16)24/h7-12,18H,4-6,13H2,1-3H3. The summed E-state index contributed by atoms with van der Waals surface area (Å²) in [5.41, 5.74) is 0.766. The molecule has 1 fully saturated rings. The van der Waals surface area contributed by atoms with Gasteiger partial charge >= 0.3 is 6.09 Å². The van der Waals surface area contributed by atoms with Gasteiger partial charge in [-0.2, -0.15) is 0 Å². The van der Waals surface area contributed by atoms with Gasteiger partial charge in [0.25, 0.3) is 0 Å². The van der Waals surface area contributed by atoms with Gasteiger partial charge < -0.3 is 9.64 Å². The number of piperidine rings is 1. The highest BCUT2D eigenvalue weighted by Crippen LogP contribution is 2.34. The van der Waals surface area contributed by atoms with Gasteiger partial charge in [0.1, 0.15) is 5.60 Å². The van der Waals surface area contributed by atoms with Gasteiger partial charge in [-0.15, -0.1) is 0 Å². The maximum atomic E-state index is 14.0. The lowest BCUT2D eigenvalue weighted by Crippen LogP contribution is -2.41. The van der Waals surface area contributed by atoms with Gasteiger partial charge in [-0.3, -0.25) is 0 Å². The predicted octanol–water partition coefficient (Wildman–Crippen LogP) is 6.23. The van der Waals surface area contributed by atoms with Crippen molar-refractivity contribution < 1.29 is 22.7 Å². The fraction of sp³-hybridized carbons (Fsp3) is 0.409. The van der Waals surface area contributed by atoms with E-state index < -0.39 is 23.1 Å². The van der Waals surface area contributed by atoms with E-state index in [1.165, 1.54) is 6.07 Å². The van der Waals surface area contributed by atoms with Crippen molar-refractivity contribution in [3.05, 3.63) is 59.4 Å². The van der Waals surface area contributed by atoms with Crippen LogP contribution < -0.4 is 0 Å². The molecular weight excluding hydrogens is 367 g/mol. The second-order valence-corrected chi connectivity index (χ2v) is 8.03. The Morgan fingerprint density at radius 1 is 1.00 bits per heavy atom. The van der Waals surface area contributed by atoms with E-state index in [2.05, 4.69) is 0 Å². The molecule has 0 spiro atoms. The average molecular weight is 391 g/mol. The zero-order valence-electron chi connectivity index (χ0n) is 16.3. The van der Waals surface area contributed by atoms with Gasteiger partial charge in [-0.05, 0) is 63.3 Å². The topological polar surface area (TPSA) is 29.5 Å². The van der Waals surface area contributed by atoms with E-state index in [1.807, 2.05) is 20.8 Å². The van der Waals surface area contributed by atoms with Crippen molar-refractivity contribution in [3.8, 4) is 11.1 Å². The molecule has 2 aromatic carbocycles. The van der Waals surface area contributed by atoms with Crippen molar-refractivity contribution in [1.82, 2.24) is 4.90 Å². The van der Waals surface area contributed by atoms with E-state index in [1.54, 1.807) is 29.2 Å². The quantitative estimate of drug-likeness (QED) is 0.568. The molecule has 0 aromatic heterocycles. The van der Waals surface area contributed by atoms with Gasteiger partial charge in [-0.1, -0.05) is 24.3 Å². The Bertz CT molecular complexity index is 859. The Hall–Kier alpha value is -2.50. The number of amides is 1. The summed E-state index contributed by atoms with van der Waals surface area (Å²) in [5, 5.41) is 0. The van der Waals surface area contributed by atoms with E-state index in [0.29, 0.717) is 12.1 Å². The van der Waals surface area contributed by atoms with Crippen LogP contribution in [0.3, 0.4) is 0 Å². The number of likely N-dealkylation sites (tertiary alicyclic amines) is 1. The lowest BCUT2D eigenvalue weighted by atomic mass is 9.94. The van der Waals surface area contributed by atoms with E-state index in [9.17, 15) is 18.0 Å². The lowest BCUT2D eigenvalue weighted by molar-refractivity contribution is 0.00951. The van der Waals surface area contributed by atoms with Gasteiger partial charge in [-0.25, -0.2) is 18.0 Å². The molecule has 1 heterocycles. The van der Waals surface area contributed by atoms with E-state index in [-0.39, 0.29) is 17.7 Å². The first-order valence-corrected chi connectivity index (χ1v) is 9.41. The van der Waals surface area contributed by atoms with Crippen LogP contribution in [0, 0.1) is 17.5 Å². The zero-order valence-corrected chi connectivity index (χ0v) is 16.3. The third kappa shape index (κ3) is 4.32. The van der Waals surface area contributed by atoms with Crippen molar-refractivity contribution in [2.75, 3.05) is 6.54 Å². The molecule has 0 aliphatic carbocycles. The SMILES string of the molecule is CC(C)(C)OC(=O)N1CCCCC1c1ccc(-c2ccc(F)c(F)c2F)cc1. The molecule has 0 radical (unpaired) electrons. The Labute approximate surface area is 163 Å². The fourth-order valence-corrected chi connectivity index (χ4v) is 3.45. The van der Waals surface area contributed by atoms with Crippen LogP contribution in [-0.4, -0.2) is 23.1 Å². The van der Waals surface area contributed by atoms with Gasteiger partial charge in [0.2, 0.25) is 0 Å². The first-order chi connectivity index (χ1) is 13.2. The number of ether oxygens (including phenoxy) is 1. The monoisotopic (exact) mass is 391 g/mol. The molecule has 1 saturated heterocycles. The molecule has 3 rings (SSSR count). The van der Waals surface area contributed by atoms with Crippen LogP contribution >= 0.6 is 0 Å². The molecule has 6 heteroatoms. The molecule has 1 aliphatic rings. The van der Waals surface area contributed by atoms with Crippen LogP contribution in [0.2, 0.25) is 0 Å². The summed E-state index contributed by atoms with van der Waals surface area (Å²) >= 11 is 0. The van der Waals surface area contributed by atoms with E-state index in [4.69, 9.17) is 4.74 Å². The maximum Gasteiger partial charge on any atom is 0.410 e. The summed E-state index contributed by atoms with van der Waals surface area (Å²) in [6.07, 6.45) is 2.35. The minimum Gasteiger partial charge on any atom is -0.444 e. The summed E-state index contributed by atoms with van der Waals surface area (Å²) in [7, 11) is 0. The van der Waals surface area contributed by atoms with E-state index >= 15 is 0 Å². The van der Waals surface area contributed by atoms with Gasteiger partial charge in [0, 0.05) is 12.1 Å². The number of nitrogens with zero attached hydrogens (tertiary/aromatic N) is 1. The predicted molar refractivity (Wildman–Crippen MR) is 101 cm³/mol.